The number of furan rings is 1. The van der Waals surface area contributed by atoms with Crippen LogP contribution in [0.5, 0.6) is 5.75 Å². The number of anilines is 1. The van der Waals surface area contributed by atoms with Gasteiger partial charge in [0.05, 0.1) is 13.2 Å². The summed E-state index contributed by atoms with van der Waals surface area (Å²) in [6.45, 7) is 1.91. The zero-order chi connectivity index (χ0) is 15.2. The van der Waals surface area contributed by atoms with Crippen LogP contribution in [0, 0.1) is 0 Å². The SMILES string of the molecule is COC(=O)COc1ccc(NC(C)c2ccc(Br)o2)cc1. The van der Waals surface area contributed by atoms with Gasteiger partial charge in [-0.05, 0) is 59.3 Å². The molecule has 2 aromatic rings. The van der Waals surface area contributed by atoms with Gasteiger partial charge in [0, 0.05) is 5.69 Å². The predicted octanol–water partition coefficient (Wildman–Crippen LogP) is 3.77. The lowest BCUT2D eigenvalue weighted by Crippen LogP contribution is -2.12. The van der Waals surface area contributed by atoms with Crippen LogP contribution in [0.15, 0.2) is 45.5 Å². The molecule has 1 aromatic carbocycles. The summed E-state index contributed by atoms with van der Waals surface area (Å²) < 4.78 is 16.0. The number of hydrogen-bond donors (Lipinski definition) is 1. The Bertz CT molecular complexity index is 594. The van der Waals surface area contributed by atoms with Gasteiger partial charge in [-0.3, -0.25) is 0 Å². The number of halogens is 1. The molecule has 0 aliphatic rings. The van der Waals surface area contributed by atoms with Crippen LogP contribution in [0.4, 0.5) is 5.69 Å². The summed E-state index contributed by atoms with van der Waals surface area (Å²) in [7, 11) is 1.33. The van der Waals surface area contributed by atoms with Gasteiger partial charge in [0.25, 0.3) is 0 Å². The molecular weight excluding hydrogens is 338 g/mol. The Kier molecular flexibility index (Phi) is 5.27. The number of carbonyl (C=O) groups excluding carboxylic acids is 1. The summed E-state index contributed by atoms with van der Waals surface area (Å²) in [6.07, 6.45) is 0. The molecule has 1 heterocycles. The van der Waals surface area contributed by atoms with E-state index in [-0.39, 0.29) is 12.6 Å². The molecule has 0 spiro atoms. The van der Waals surface area contributed by atoms with Gasteiger partial charge < -0.3 is 19.2 Å². The molecule has 21 heavy (non-hydrogen) atoms. The van der Waals surface area contributed by atoms with Crippen molar-refractivity contribution in [2.75, 3.05) is 19.0 Å². The van der Waals surface area contributed by atoms with Crippen LogP contribution in [0.2, 0.25) is 0 Å². The summed E-state index contributed by atoms with van der Waals surface area (Å²) >= 11 is 3.28. The highest BCUT2D eigenvalue weighted by Crippen LogP contribution is 2.24. The molecule has 112 valence electrons. The fourth-order valence-corrected chi connectivity index (χ4v) is 2.05. The quantitative estimate of drug-likeness (QED) is 0.801. The zero-order valence-electron chi connectivity index (χ0n) is 11.8. The summed E-state index contributed by atoms with van der Waals surface area (Å²) in [5.74, 6) is 1.04. The molecule has 0 fully saturated rings. The molecule has 0 bridgehead atoms. The molecular formula is C15H16BrNO4. The van der Waals surface area contributed by atoms with Gasteiger partial charge in [-0.2, -0.15) is 0 Å². The summed E-state index contributed by atoms with van der Waals surface area (Å²) in [6, 6.07) is 11.1. The van der Waals surface area contributed by atoms with Crippen molar-refractivity contribution >= 4 is 27.6 Å². The first-order chi connectivity index (χ1) is 10.1. The van der Waals surface area contributed by atoms with Crippen LogP contribution in [-0.4, -0.2) is 19.7 Å². The molecule has 5 nitrogen and oxygen atoms in total. The number of methoxy groups -OCH3 is 1. The average molecular weight is 354 g/mol. The van der Waals surface area contributed by atoms with Crippen molar-refractivity contribution in [1.29, 1.82) is 0 Å². The first kappa shape index (κ1) is 15.4. The number of ether oxygens (including phenoxy) is 2. The molecule has 0 saturated carbocycles. The van der Waals surface area contributed by atoms with Crippen molar-refractivity contribution in [3.8, 4) is 5.75 Å². The smallest absolute Gasteiger partial charge is 0.343 e. The molecule has 6 heteroatoms. The molecule has 0 saturated heterocycles. The third-order valence-electron chi connectivity index (χ3n) is 2.84. The van der Waals surface area contributed by atoms with E-state index in [4.69, 9.17) is 9.15 Å². The molecule has 2 rings (SSSR count). The van der Waals surface area contributed by atoms with Crippen molar-refractivity contribution in [3.63, 3.8) is 0 Å². The highest BCUT2D eigenvalue weighted by Gasteiger charge is 2.09. The Labute approximate surface area is 131 Å². The van der Waals surface area contributed by atoms with Crippen LogP contribution < -0.4 is 10.1 Å². The fraction of sp³-hybridized carbons (Fsp3) is 0.267. The third kappa shape index (κ3) is 4.53. The number of nitrogens with one attached hydrogen (secondary N) is 1. The minimum Gasteiger partial charge on any atom is -0.482 e. The lowest BCUT2D eigenvalue weighted by atomic mass is 10.2. The van der Waals surface area contributed by atoms with Crippen molar-refractivity contribution in [2.45, 2.75) is 13.0 Å². The Morgan fingerprint density at radius 1 is 1.29 bits per heavy atom. The second kappa shape index (κ2) is 7.17. The first-order valence-corrected chi connectivity index (χ1v) is 7.19. The Balaban J connectivity index is 1.91. The predicted molar refractivity (Wildman–Crippen MR) is 82.4 cm³/mol. The number of rotatable bonds is 6. The lowest BCUT2D eigenvalue weighted by Gasteiger charge is -2.13. The van der Waals surface area contributed by atoms with Crippen LogP contribution in [0.1, 0.15) is 18.7 Å². The van der Waals surface area contributed by atoms with Crippen LogP contribution >= 0.6 is 15.9 Å². The van der Waals surface area contributed by atoms with E-state index in [0.717, 1.165) is 11.4 Å². The van der Waals surface area contributed by atoms with E-state index < -0.39 is 5.97 Å². The van der Waals surface area contributed by atoms with E-state index in [9.17, 15) is 4.79 Å². The molecule has 0 aliphatic heterocycles. The fourth-order valence-electron chi connectivity index (χ4n) is 1.73. The maximum Gasteiger partial charge on any atom is 0.343 e. The van der Waals surface area contributed by atoms with Crippen molar-refractivity contribution in [3.05, 3.63) is 46.8 Å². The summed E-state index contributed by atoms with van der Waals surface area (Å²) in [5, 5.41) is 3.31. The van der Waals surface area contributed by atoms with E-state index in [0.29, 0.717) is 10.4 Å². The second-order valence-corrected chi connectivity index (χ2v) is 5.18. The minimum absolute atomic E-state index is 0.0399. The van der Waals surface area contributed by atoms with Crippen LogP contribution in [0.3, 0.4) is 0 Å². The van der Waals surface area contributed by atoms with Gasteiger partial charge in [-0.1, -0.05) is 0 Å². The van der Waals surface area contributed by atoms with Crippen molar-refractivity contribution in [1.82, 2.24) is 0 Å². The Morgan fingerprint density at radius 3 is 2.57 bits per heavy atom. The molecule has 1 N–H and O–H groups in total. The van der Waals surface area contributed by atoms with E-state index in [1.807, 2.05) is 31.2 Å². The zero-order valence-corrected chi connectivity index (χ0v) is 13.3. The number of esters is 1. The highest BCUT2D eigenvalue weighted by atomic mass is 79.9. The molecule has 1 unspecified atom stereocenters. The molecule has 0 aliphatic carbocycles. The largest absolute Gasteiger partial charge is 0.482 e. The van der Waals surface area contributed by atoms with E-state index >= 15 is 0 Å². The Hall–Kier alpha value is -1.95. The molecule has 0 amide bonds. The van der Waals surface area contributed by atoms with Crippen LogP contribution in [0.25, 0.3) is 0 Å². The maximum atomic E-state index is 11.0. The van der Waals surface area contributed by atoms with Crippen molar-refractivity contribution < 1.29 is 18.7 Å². The number of carbonyl (C=O) groups is 1. The van der Waals surface area contributed by atoms with Crippen molar-refractivity contribution in [2.24, 2.45) is 0 Å². The van der Waals surface area contributed by atoms with Gasteiger partial charge in [0.15, 0.2) is 11.3 Å². The van der Waals surface area contributed by atoms with Gasteiger partial charge >= 0.3 is 5.97 Å². The number of hydrogen-bond acceptors (Lipinski definition) is 5. The van der Waals surface area contributed by atoms with Gasteiger partial charge in [-0.25, -0.2) is 4.79 Å². The summed E-state index contributed by atoms with van der Waals surface area (Å²) in [5.41, 5.74) is 0.931. The Morgan fingerprint density at radius 2 is 2.00 bits per heavy atom. The van der Waals surface area contributed by atoms with E-state index in [2.05, 4.69) is 26.0 Å². The minimum atomic E-state index is -0.408. The third-order valence-corrected chi connectivity index (χ3v) is 3.27. The van der Waals surface area contributed by atoms with Gasteiger partial charge in [0.1, 0.15) is 11.5 Å². The number of benzene rings is 1. The molecule has 1 atom stereocenters. The van der Waals surface area contributed by atoms with Gasteiger partial charge in [0.2, 0.25) is 0 Å². The standard InChI is InChI=1S/C15H16BrNO4/c1-10(13-7-8-14(16)21-13)17-11-3-5-12(6-4-11)20-9-15(18)19-2/h3-8,10,17H,9H2,1-2H3. The molecule has 1 aromatic heterocycles. The van der Waals surface area contributed by atoms with E-state index in [1.165, 1.54) is 7.11 Å². The lowest BCUT2D eigenvalue weighted by molar-refractivity contribution is -0.142. The van der Waals surface area contributed by atoms with Crippen LogP contribution in [-0.2, 0) is 9.53 Å². The highest BCUT2D eigenvalue weighted by molar-refractivity contribution is 9.10. The summed E-state index contributed by atoms with van der Waals surface area (Å²) in [4.78, 5) is 11.0. The monoisotopic (exact) mass is 353 g/mol. The second-order valence-electron chi connectivity index (χ2n) is 4.40. The first-order valence-electron chi connectivity index (χ1n) is 6.40. The molecule has 0 radical (unpaired) electrons. The topological polar surface area (TPSA) is 60.7 Å². The maximum absolute atomic E-state index is 11.0. The average Bonchev–Trinajstić information content (AvgIpc) is 2.93. The van der Waals surface area contributed by atoms with E-state index in [1.54, 1.807) is 12.1 Å². The van der Waals surface area contributed by atoms with Gasteiger partial charge in [-0.15, -0.1) is 0 Å². The normalized spacial score (nSPS) is 11.8.